The van der Waals surface area contributed by atoms with Crippen LogP contribution in [-0.4, -0.2) is 13.1 Å². The van der Waals surface area contributed by atoms with Crippen molar-refractivity contribution in [1.29, 1.82) is 0 Å². The van der Waals surface area contributed by atoms with Gasteiger partial charge in [-0.15, -0.1) is 0 Å². The molecule has 10 heavy (non-hydrogen) atoms. The molecule has 0 aliphatic rings. The Morgan fingerprint density at radius 3 is 0.800 bits per heavy atom. The predicted octanol–water partition coefficient (Wildman–Crippen LogP) is 1.24. The molecular formula is C2H9Fe5N3+4. The van der Waals surface area contributed by atoms with E-state index in [1.807, 2.05) is 0 Å². The molecular weight excluding hydrogens is 345 g/mol. The van der Waals surface area contributed by atoms with Gasteiger partial charge >= 0.3 is 51.2 Å². The van der Waals surface area contributed by atoms with Gasteiger partial charge in [0, 0.05) is 34.1 Å². The van der Waals surface area contributed by atoms with Crippen LogP contribution in [0, 0.1) is 0 Å². The molecule has 8 heteroatoms. The van der Waals surface area contributed by atoms with Crippen molar-refractivity contribution in [3.63, 3.8) is 0 Å². The Kier molecular flexibility index (Phi) is 344. The summed E-state index contributed by atoms with van der Waals surface area (Å²) in [7, 11) is 0. The average Bonchev–Trinajstić information content (AvgIpc) is 1.37. The largest absolute Gasteiger partial charge is 2.00 e. The van der Waals surface area contributed by atoms with Gasteiger partial charge in [-0.05, 0) is 0 Å². The van der Waals surface area contributed by atoms with E-state index in [0.717, 1.165) is 0 Å². The summed E-state index contributed by atoms with van der Waals surface area (Å²) in [5.41, 5.74) is 12.5. The van der Waals surface area contributed by atoms with Gasteiger partial charge in [0.05, 0.1) is 0 Å². The molecule has 0 aliphatic heterocycles. The summed E-state index contributed by atoms with van der Waals surface area (Å²) in [6.45, 7) is 0.472. The third kappa shape index (κ3) is 77.8. The zero-order valence-electron chi connectivity index (χ0n) is 4.89. The first-order valence-electron chi connectivity index (χ1n) is 1.21. The maximum absolute atomic E-state index is 6.26. The van der Waals surface area contributed by atoms with Crippen molar-refractivity contribution < 1.29 is 85.3 Å². The number of rotatable bonds is 1. The van der Waals surface area contributed by atoms with Crippen molar-refractivity contribution in [3.8, 4) is 0 Å². The second kappa shape index (κ2) is 62.8. The van der Waals surface area contributed by atoms with Gasteiger partial charge in [0.25, 0.3) is 0 Å². The van der Waals surface area contributed by atoms with Crippen LogP contribution in [0.25, 0.3) is 11.5 Å². The first-order valence-corrected chi connectivity index (χ1v) is 1.21. The summed E-state index contributed by atoms with van der Waals surface area (Å²) in [6, 6.07) is 0. The quantitative estimate of drug-likeness (QED) is 0.706. The van der Waals surface area contributed by atoms with E-state index in [4.69, 9.17) is 11.5 Å². The van der Waals surface area contributed by atoms with Crippen LogP contribution in [0.3, 0.4) is 0 Å². The Morgan fingerprint density at radius 2 is 0.800 bits per heavy atom. The van der Waals surface area contributed by atoms with Crippen LogP contribution in [0.2, 0.25) is 0 Å². The monoisotopic (exact) mass is 355 g/mol. The maximum atomic E-state index is 6.26. The fourth-order valence-corrected chi connectivity index (χ4v) is 0. The zero-order valence-corrected chi connectivity index (χ0v) is 10.4. The van der Waals surface area contributed by atoms with Crippen LogP contribution in [-0.2, 0) is 85.3 Å². The van der Waals surface area contributed by atoms with Gasteiger partial charge in [0.15, 0.2) is 0 Å². The molecule has 0 spiro atoms. The third-order valence-electron chi connectivity index (χ3n) is 0.125. The molecule has 0 aromatic carbocycles. The van der Waals surface area contributed by atoms with Gasteiger partial charge in [0.1, 0.15) is 0 Å². The van der Waals surface area contributed by atoms with Crippen molar-refractivity contribution in [3.05, 3.63) is 11.5 Å². The van der Waals surface area contributed by atoms with Gasteiger partial charge in [-0.2, -0.15) is 13.1 Å². The molecule has 0 aromatic rings. The van der Waals surface area contributed by atoms with Gasteiger partial charge in [-0.3, -0.25) is 0 Å². The first kappa shape index (κ1) is 54.8. The minimum absolute atomic E-state index is 0. The summed E-state index contributed by atoms with van der Waals surface area (Å²) >= 11 is 0. The van der Waals surface area contributed by atoms with E-state index in [1.165, 1.54) is 0 Å². The SMILES string of the molecule is N.[Fe+2].[Fe+2].[Fe+2].[Fe].[Fe].[NH-]CC[NH-]. The molecule has 5 N–H and O–H groups in total. The van der Waals surface area contributed by atoms with Gasteiger partial charge in [-0.25, -0.2) is 0 Å². The Balaban J connectivity index is -0.00000000300. The summed E-state index contributed by atoms with van der Waals surface area (Å²) in [5, 5.41) is 0. The van der Waals surface area contributed by atoms with E-state index >= 15 is 0 Å². The van der Waals surface area contributed by atoms with Crippen molar-refractivity contribution in [2.24, 2.45) is 0 Å². The zero-order chi connectivity index (χ0) is 3.41. The molecule has 0 atom stereocenters. The van der Waals surface area contributed by atoms with Crippen LogP contribution in [0.5, 0.6) is 0 Å². The molecule has 0 radical (unpaired) electrons. The fourth-order valence-electron chi connectivity index (χ4n) is 0. The Bertz CT molecular complexity index is 16.9. The number of nitrogens with one attached hydrogen (secondary N) is 2. The molecule has 0 fully saturated rings. The fraction of sp³-hybridized carbons (Fsp3) is 1.00. The van der Waals surface area contributed by atoms with Crippen LogP contribution in [0.4, 0.5) is 0 Å². The van der Waals surface area contributed by atoms with Crippen molar-refractivity contribution in [2.45, 2.75) is 0 Å². The molecule has 0 aromatic heterocycles. The maximum Gasteiger partial charge on any atom is 2.00 e. The molecule has 0 amide bonds. The van der Waals surface area contributed by atoms with E-state index in [9.17, 15) is 0 Å². The number of hydrogen-bond acceptors (Lipinski definition) is 1. The summed E-state index contributed by atoms with van der Waals surface area (Å²) in [6.07, 6.45) is 0. The third-order valence-corrected chi connectivity index (χ3v) is 0.125. The van der Waals surface area contributed by atoms with Crippen LogP contribution in [0.15, 0.2) is 0 Å². The summed E-state index contributed by atoms with van der Waals surface area (Å²) in [4.78, 5) is 0. The van der Waals surface area contributed by atoms with Crippen molar-refractivity contribution in [1.82, 2.24) is 6.15 Å². The van der Waals surface area contributed by atoms with E-state index in [1.54, 1.807) is 0 Å². The van der Waals surface area contributed by atoms with Gasteiger partial charge in [0.2, 0.25) is 0 Å². The minimum Gasteiger partial charge on any atom is -0.679 e. The molecule has 0 unspecified atom stereocenters. The van der Waals surface area contributed by atoms with Gasteiger partial charge in [-0.1, -0.05) is 0 Å². The minimum atomic E-state index is 0. The van der Waals surface area contributed by atoms with Crippen molar-refractivity contribution in [2.75, 3.05) is 13.1 Å². The van der Waals surface area contributed by atoms with Gasteiger partial charge < -0.3 is 17.6 Å². The molecule has 0 rings (SSSR count). The summed E-state index contributed by atoms with van der Waals surface area (Å²) in [5.74, 6) is 0. The Hall–Kier alpha value is 2.48. The standard InChI is InChI=1S/C2H6N2.5Fe.H3N/c3-1-2-4;;;;;;/h3-4H,1-2H2;;;;;;1H3/q-2;;;3*+2;. The van der Waals surface area contributed by atoms with Crippen LogP contribution < -0.4 is 6.15 Å². The smallest absolute Gasteiger partial charge is 0.679 e. The molecule has 68 valence electrons. The topological polar surface area (TPSA) is 82.6 Å². The first-order chi connectivity index (χ1) is 1.91. The van der Waals surface area contributed by atoms with E-state index in [2.05, 4.69) is 0 Å². The van der Waals surface area contributed by atoms with Crippen LogP contribution >= 0.6 is 0 Å². The van der Waals surface area contributed by atoms with E-state index in [0.29, 0.717) is 0 Å². The molecule has 0 heterocycles. The molecule has 0 aliphatic carbocycles. The van der Waals surface area contributed by atoms with E-state index in [-0.39, 0.29) is 105 Å². The second-order valence-corrected chi connectivity index (χ2v) is 0.500. The Morgan fingerprint density at radius 1 is 0.700 bits per heavy atom. The predicted molar refractivity (Wildman–Crippen MR) is 23.4 cm³/mol. The molecule has 0 bridgehead atoms. The average molecular weight is 354 g/mol. The van der Waals surface area contributed by atoms with E-state index < -0.39 is 0 Å². The van der Waals surface area contributed by atoms with Crippen LogP contribution in [0.1, 0.15) is 0 Å². The Labute approximate surface area is 115 Å². The molecule has 3 nitrogen and oxygen atoms in total. The summed E-state index contributed by atoms with van der Waals surface area (Å²) < 4.78 is 0. The normalized spacial score (nSPS) is 3.00. The molecule has 0 saturated carbocycles. The van der Waals surface area contributed by atoms with Crippen molar-refractivity contribution >= 4 is 0 Å². The second-order valence-electron chi connectivity index (χ2n) is 0.500. The molecule has 0 saturated heterocycles. The number of hydrogen-bond donors (Lipinski definition) is 1.